The van der Waals surface area contributed by atoms with E-state index in [1.165, 1.54) is 16.4 Å². The first-order valence-corrected chi connectivity index (χ1v) is 8.30. The van der Waals surface area contributed by atoms with Crippen molar-refractivity contribution in [1.82, 2.24) is 9.66 Å². The lowest BCUT2D eigenvalue weighted by Crippen LogP contribution is -2.20. The second-order valence-corrected chi connectivity index (χ2v) is 6.07. The first-order chi connectivity index (χ1) is 11.7. The molecule has 1 aromatic heterocycles. The summed E-state index contributed by atoms with van der Waals surface area (Å²) in [5, 5.41) is 14.0. The van der Waals surface area contributed by atoms with Crippen LogP contribution in [0.4, 0.5) is 0 Å². The van der Waals surface area contributed by atoms with Gasteiger partial charge in [0.2, 0.25) is 0 Å². The number of fused-ring (bicyclic) bond motifs is 1. The van der Waals surface area contributed by atoms with Gasteiger partial charge in [-0.3, -0.25) is 4.79 Å². The van der Waals surface area contributed by atoms with E-state index in [1.807, 2.05) is 43.3 Å². The molecule has 0 aliphatic carbocycles. The maximum absolute atomic E-state index is 12.7. The van der Waals surface area contributed by atoms with Crippen molar-refractivity contribution in [1.29, 1.82) is 5.26 Å². The number of nitrogens with zero attached hydrogens (tertiary/aromatic N) is 4. The van der Waals surface area contributed by atoms with Crippen LogP contribution in [0.1, 0.15) is 11.1 Å². The van der Waals surface area contributed by atoms with Gasteiger partial charge < -0.3 is 0 Å². The van der Waals surface area contributed by atoms with Crippen molar-refractivity contribution in [3.8, 4) is 6.07 Å². The maximum Gasteiger partial charge on any atom is 0.282 e. The third kappa shape index (κ3) is 3.36. The first kappa shape index (κ1) is 16.0. The zero-order chi connectivity index (χ0) is 16.9. The fraction of sp³-hybridized carbons (Fsp3) is 0.111. The van der Waals surface area contributed by atoms with E-state index >= 15 is 0 Å². The average molecular weight is 334 g/mol. The highest BCUT2D eigenvalue weighted by Crippen LogP contribution is 2.17. The molecule has 118 valence electrons. The Morgan fingerprint density at radius 1 is 1.25 bits per heavy atom. The molecule has 0 unspecified atom stereocenters. The predicted octanol–water partition coefficient (Wildman–Crippen LogP) is 3.20. The Hall–Kier alpha value is -2.91. The third-order valence-electron chi connectivity index (χ3n) is 3.39. The molecular weight excluding hydrogens is 320 g/mol. The topological polar surface area (TPSA) is 71.0 Å². The van der Waals surface area contributed by atoms with Gasteiger partial charge in [0.05, 0.1) is 28.9 Å². The Kier molecular flexibility index (Phi) is 4.73. The van der Waals surface area contributed by atoms with Crippen LogP contribution >= 0.6 is 11.8 Å². The molecule has 0 N–H and O–H groups in total. The minimum Gasteiger partial charge on any atom is -0.267 e. The molecule has 0 radical (unpaired) electrons. The highest BCUT2D eigenvalue weighted by Gasteiger charge is 2.10. The molecule has 0 saturated carbocycles. The van der Waals surface area contributed by atoms with E-state index in [4.69, 9.17) is 5.26 Å². The molecule has 0 saturated heterocycles. The van der Waals surface area contributed by atoms with Crippen molar-refractivity contribution >= 4 is 28.9 Å². The molecule has 0 aliphatic rings. The molecule has 24 heavy (non-hydrogen) atoms. The van der Waals surface area contributed by atoms with Gasteiger partial charge in [-0.25, -0.2) is 4.98 Å². The van der Waals surface area contributed by atoms with Crippen molar-refractivity contribution in [2.45, 2.75) is 12.1 Å². The number of benzene rings is 2. The molecule has 0 bridgehead atoms. The van der Waals surface area contributed by atoms with Crippen LogP contribution in [-0.4, -0.2) is 21.6 Å². The first-order valence-electron chi connectivity index (χ1n) is 7.31. The van der Waals surface area contributed by atoms with Crippen LogP contribution in [0.2, 0.25) is 0 Å². The molecule has 3 aromatic rings. The van der Waals surface area contributed by atoms with Crippen LogP contribution in [0.3, 0.4) is 0 Å². The standard InChI is InChI=1S/C18H14N4OS/c1-13-6-8-14(9-7-13)12-20-22-17(23)15-4-2-3-5-16(15)21-18(22)24-11-10-19/h2-9,12H,11H2,1H3/b20-12+. The summed E-state index contributed by atoms with van der Waals surface area (Å²) in [7, 11) is 0. The van der Waals surface area contributed by atoms with E-state index in [-0.39, 0.29) is 11.3 Å². The minimum atomic E-state index is -0.246. The highest BCUT2D eigenvalue weighted by molar-refractivity contribution is 7.99. The van der Waals surface area contributed by atoms with Gasteiger partial charge in [-0.2, -0.15) is 15.0 Å². The summed E-state index contributed by atoms with van der Waals surface area (Å²) in [6.07, 6.45) is 1.62. The number of nitriles is 1. The number of thioether (sulfide) groups is 1. The Labute approximate surface area is 143 Å². The lowest BCUT2D eigenvalue weighted by Gasteiger charge is -2.07. The fourth-order valence-corrected chi connectivity index (χ4v) is 2.78. The van der Waals surface area contributed by atoms with E-state index in [9.17, 15) is 4.79 Å². The summed E-state index contributed by atoms with van der Waals surface area (Å²) in [4.78, 5) is 17.2. The summed E-state index contributed by atoms with van der Waals surface area (Å²) in [6, 6.07) is 17.0. The van der Waals surface area contributed by atoms with Gasteiger partial charge in [-0.1, -0.05) is 53.7 Å². The smallest absolute Gasteiger partial charge is 0.267 e. The molecule has 0 aliphatic heterocycles. The Morgan fingerprint density at radius 2 is 2.00 bits per heavy atom. The Balaban J connectivity index is 2.10. The number of rotatable bonds is 4. The zero-order valence-corrected chi connectivity index (χ0v) is 13.8. The number of hydrogen-bond donors (Lipinski definition) is 0. The summed E-state index contributed by atoms with van der Waals surface area (Å²) in [6.45, 7) is 2.01. The molecular formula is C18H14N4OS. The monoisotopic (exact) mass is 334 g/mol. The van der Waals surface area contributed by atoms with Gasteiger partial charge >= 0.3 is 0 Å². The van der Waals surface area contributed by atoms with Crippen molar-refractivity contribution in [2.75, 3.05) is 5.75 Å². The molecule has 0 amide bonds. The van der Waals surface area contributed by atoms with Crippen molar-refractivity contribution in [2.24, 2.45) is 5.10 Å². The van der Waals surface area contributed by atoms with Gasteiger partial charge in [-0.15, -0.1) is 0 Å². The van der Waals surface area contributed by atoms with E-state index in [0.717, 1.165) is 11.1 Å². The molecule has 0 atom stereocenters. The van der Waals surface area contributed by atoms with Gasteiger partial charge in [0.1, 0.15) is 0 Å². The van der Waals surface area contributed by atoms with Gasteiger partial charge in [0.25, 0.3) is 5.56 Å². The summed E-state index contributed by atoms with van der Waals surface area (Å²) in [5.74, 6) is 0.199. The lowest BCUT2D eigenvalue weighted by molar-refractivity contribution is 0.708. The quantitative estimate of drug-likeness (QED) is 0.417. The third-order valence-corrected chi connectivity index (χ3v) is 4.19. The number of hydrogen-bond acceptors (Lipinski definition) is 5. The summed E-state index contributed by atoms with van der Waals surface area (Å²) < 4.78 is 1.25. The maximum atomic E-state index is 12.7. The molecule has 2 aromatic carbocycles. The van der Waals surface area contributed by atoms with Crippen molar-refractivity contribution in [3.05, 3.63) is 70.0 Å². The van der Waals surface area contributed by atoms with Crippen LogP contribution in [0.15, 0.2) is 63.6 Å². The van der Waals surface area contributed by atoms with E-state index in [1.54, 1.807) is 24.4 Å². The van der Waals surface area contributed by atoms with E-state index < -0.39 is 0 Å². The molecule has 6 heteroatoms. The van der Waals surface area contributed by atoms with Crippen molar-refractivity contribution in [3.63, 3.8) is 0 Å². The summed E-state index contributed by atoms with van der Waals surface area (Å²) >= 11 is 1.19. The molecule has 1 heterocycles. The van der Waals surface area contributed by atoms with Crippen LogP contribution in [0, 0.1) is 18.3 Å². The Bertz CT molecular complexity index is 1000. The van der Waals surface area contributed by atoms with Crippen LogP contribution < -0.4 is 5.56 Å². The van der Waals surface area contributed by atoms with E-state index in [0.29, 0.717) is 16.1 Å². The molecule has 0 spiro atoms. The average Bonchev–Trinajstić information content (AvgIpc) is 2.61. The molecule has 3 rings (SSSR count). The SMILES string of the molecule is Cc1ccc(/C=N/n2c(SCC#N)nc3ccccc3c2=O)cc1. The van der Waals surface area contributed by atoms with Crippen LogP contribution in [0.5, 0.6) is 0 Å². The van der Waals surface area contributed by atoms with Crippen LogP contribution in [0.25, 0.3) is 10.9 Å². The predicted molar refractivity (Wildman–Crippen MR) is 96.5 cm³/mol. The lowest BCUT2D eigenvalue weighted by atomic mass is 10.2. The van der Waals surface area contributed by atoms with Gasteiger partial charge in [0.15, 0.2) is 5.16 Å². The summed E-state index contributed by atoms with van der Waals surface area (Å²) in [5.41, 5.74) is 2.40. The van der Waals surface area contributed by atoms with Gasteiger partial charge in [-0.05, 0) is 24.6 Å². The number of aryl methyl sites for hydroxylation is 1. The second-order valence-electron chi connectivity index (χ2n) is 5.13. The zero-order valence-electron chi connectivity index (χ0n) is 13.0. The van der Waals surface area contributed by atoms with Crippen molar-refractivity contribution < 1.29 is 0 Å². The normalized spacial score (nSPS) is 11.0. The number of para-hydroxylation sites is 1. The number of aromatic nitrogens is 2. The van der Waals surface area contributed by atoms with Crippen LogP contribution in [-0.2, 0) is 0 Å². The minimum absolute atomic E-state index is 0.199. The highest BCUT2D eigenvalue weighted by atomic mass is 32.2. The molecule has 5 nitrogen and oxygen atoms in total. The second kappa shape index (κ2) is 7.11. The largest absolute Gasteiger partial charge is 0.282 e. The van der Waals surface area contributed by atoms with E-state index in [2.05, 4.69) is 10.1 Å². The fourth-order valence-electron chi connectivity index (χ4n) is 2.17. The Morgan fingerprint density at radius 3 is 2.75 bits per heavy atom. The molecule has 0 fully saturated rings. The van der Waals surface area contributed by atoms with Gasteiger partial charge in [0, 0.05) is 0 Å².